The van der Waals surface area contributed by atoms with Crippen LogP contribution in [0.2, 0.25) is 0 Å². The Kier molecular flexibility index (Phi) is 11.2. The molecule has 0 saturated carbocycles. The highest BCUT2D eigenvalue weighted by atomic mass is 127. The van der Waals surface area contributed by atoms with Gasteiger partial charge in [-0.05, 0) is 19.4 Å². The Labute approximate surface area is 176 Å². The van der Waals surface area contributed by atoms with Crippen LogP contribution in [0.5, 0.6) is 5.88 Å². The van der Waals surface area contributed by atoms with Gasteiger partial charge >= 0.3 is 0 Å². The lowest BCUT2D eigenvalue weighted by molar-refractivity contribution is 0.294. The average Bonchev–Trinajstić information content (AvgIpc) is 3.04. The summed E-state index contributed by atoms with van der Waals surface area (Å²) in [5, 5.41) is 7.76. The van der Waals surface area contributed by atoms with Crippen molar-refractivity contribution >= 4 is 41.3 Å². The Morgan fingerprint density at radius 2 is 2.15 bits per heavy atom. The number of guanidine groups is 1. The highest BCUT2D eigenvalue weighted by Gasteiger charge is 2.06. The number of nitrogens with zero attached hydrogens (tertiary/aromatic N) is 3. The van der Waals surface area contributed by atoms with Gasteiger partial charge in [-0.1, -0.05) is 19.4 Å². The molecule has 26 heavy (non-hydrogen) atoms. The van der Waals surface area contributed by atoms with Gasteiger partial charge in [0.15, 0.2) is 5.96 Å². The first-order valence-corrected chi connectivity index (χ1v) is 9.47. The van der Waals surface area contributed by atoms with Crippen LogP contribution in [0.15, 0.2) is 29.5 Å². The predicted molar refractivity (Wildman–Crippen MR) is 119 cm³/mol. The summed E-state index contributed by atoms with van der Waals surface area (Å²) in [5.41, 5.74) is 1.03. The van der Waals surface area contributed by atoms with E-state index in [4.69, 9.17) is 4.74 Å². The number of aromatic nitrogens is 2. The van der Waals surface area contributed by atoms with Crippen LogP contribution in [0.1, 0.15) is 35.2 Å². The Bertz CT molecular complexity index is 677. The number of nitrogens with one attached hydrogen (secondary N) is 2. The van der Waals surface area contributed by atoms with Crippen LogP contribution >= 0.6 is 35.3 Å². The Balaban J connectivity index is 0.00000338. The zero-order chi connectivity index (χ0) is 17.9. The highest BCUT2D eigenvalue weighted by molar-refractivity contribution is 14.0. The monoisotopic (exact) mass is 489 g/mol. The molecule has 0 aliphatic heterocycles. The molecule has 6 nitrogen and oxygen atoms in total. The van der Waals surface area contributed by atoms with Gasteiger partial charge in [-0.2, -0.15) is 0 Å². The lowest BCUT2D eigenvalue weighted by atomic mass is 10.2. The summed E-state index contributed by atoms with van der Waals surface area (Å²) in [6.45, 7) is 6.32. The molecule has 0 aliphatic rings. The van der Waals surface area contributed by atoms with E-state index in [1.165, 1.54) is 4.88 Å². The minimum atomic E-state index is 0. The van der Waals surface area contributed by atoms with E-state index in [2.05, 4.69) is 39.4 Å². The second kappa shape index (κ2) is 12.9. The topological polar surface area (TPSA) is 71.4 Å². The summed E-state index contributed by atoms with van der Waals surface area (Å²) in [4.78, 5) is 14.2. The first-order chi connectivity index (χ1) is 12.2. The molecule has 2 rings (SSSR count). The number of unbranched alkanes of at least 4 members (excludes halogenated alkanes) is 1. The zero-order valence-electron chi connectivity index (χ0n) is 15.6. The van der Waals surface area contributed by atoms with Crippen LogP contribution < -0.4 is 15.4 Å². The van der Waals surface area contributed by atoms with Crippen molar-refractivity contribution in [2.75, 3.05) is 20.2 Å². The summed E-state index contributed by atoms with van der Waals surface area (Å²) in [7, 11) is 1.77. The van der Waals surface area contributed by atoms with Gasteiger partial charge in [0.05, 0.1) is 11.6 Å². The summed E-state index contributed by atoms with van der Waals surface area (Å²) in [6.07, 6.45) is 6.69. The minimum absolute atomic E-state index is 0. The van der Waals surface area contributed by atoms with Crippen molar-refractivity contribution in [3.05, 3.63) is 40.0 Å². The fraction of sp³-hybridized carbons (Fsp3) is 0.500. The largest absolute Gasteiger partial charge is 0.477 e. The third kappa shape index (κ3) is 7.86. The van der Waals surface area contributed by atoms with E-state index < -0.39 is 0 Å². The fourth-order valence-electron chi connectivity index (χ4n) is 2.21. The first kappa shape index (κ1) is 22.6. The molecule has 0 spiro atoms. The van der Waals surface area contributed by atoms with Crippen molar-refractivity contribution in [1.29, 1.82) is 0 Å². The SMILES string of the molecule is CCCCOc1ncccc1CNC(=NC)NCCc1ncc(C)s1.I. The quantitative estimate of drug-likeness (QED) is 0.244. The van der Waals surface area contributed by atoms with E-state index in [-0.39, 0.29) is 24.0 Å². The molecule has 0 fully saturated rings. The van der Waals surface area contributed by atoms with Gasteiger partial charge in [-0.25, -0.2) is 9.97 Å². The van der Waals surface area contributed by atoms with Crippen LogP contribution in [0, 0.1) is 6.92 Å². The molecule has 0 atom stereocenters. The predicted octanol–water partition coefficient (Wildman–Crippen LogP) is 3.55. The molecule has 2 aromatic heterocycles. The number of pyridine rings is 1. The van der Waals surface area contributed by atoms with Gasteiger partial charge in [-0.15, -0.1) is 35.3 Å². The van der Waals surface area contributed by atoms with E-state index >= 15 is 0 Å². The van der Waals surface area contributed by atoms with E-state index in [1.807, 2.05) is 18.3 Å². The maximum atomic E-state index is 5.77. The summed E-state index contributed by atoms with van der Waals surface area (Å²) in [5.74, 6) is 1.45. The van der Waals surface area contributed by atoms with Crippen LogP contribution in [0.25, 0.3) is 0 Å². The molecule has 0 unspecified atom stereocenters. The van der Waals surface area contributed by atoms with Crippen molar-refractivity contribution in [3.8, 4) is 5.88 Å². The lowest BCUT2D eigenvalue weighted by Gasteiger charge is -2.13. The minimum Gasteiger partial charge on any atom is -0.477 e. The Morgan fingerprint density at radius 3 is 2.85 bits per heavy atom. The van der Waals surface area contributed by atoms with E-state index in [0.717, 1.165) is 42.3 Å². The van der Waals surface area contributed by atoms with E-state index in [1.54, 1.807) is 24.6 Å². The number of halogens is 1. The van der Waals surface area contributed by atoms with Crippen molar-refractivity contribution in [3.63, 3.8) is 0 Å². The van der Waals surface area contributed by atoms with Gasteiger partial charge < -0.3 is 15.4 Å². The smallest absolute Gasteiger partial charge is 0.218 e. The lowest BCUT2D eigenvalue weighted by Crippen LogP contribution is -2.38. The molecule has 0 bridgehead atoms. The summed E-state index contributed by atoms with van der Waals surface area (Å²) < 4.78 is 5.77. The first-order valence-electron chi connectivity index (χ1n) is 8.65. The number of hydrogen-bond donors (Lipinski definition) is 2. The number of aliphatic imine (C=N–C) groups is 1. The van der Waals surface area contributed by atoms with Crippen LogP contribution in [0.3, 0.4) is 0 Å². The number of aryl methyl sites for hydroxylation is 1. The van der Waals surface area contributed by atoms with Crippen molar-refractivity contribution in [1.82, 2.24) is 20.6 Å². The van der Waals surface area contributed by atoms with Gasteiger partial charge in [0.1, 0.15) is 0 Å². The maximum absolute atomic E-state index is 5.77. The average molecular weight is 489 g/mol. The molecule has 2 N–H and O–H groups in total. The molecule has 0 radical (unpaired) electrons. The fourth-order valence-corrected chi connectivity index (χ4v) is 2.99. The van der Waals surface area contributed by atoms with E-state index in [0.29, 0.717) is 19.0 Å². The van der Waals surface area contributed by atoms with Crippen molar-refractivity contribution in [2.45, 2.75) is 39.7 Å². The number of ether oxygens (including phenoxy) is 1. The van der Waals surface area contributed by atoms with Gasteiger partial charge in [0.25, 0.3) is 0 Å². The van der Waals surface area contributed by atoms with E-state index in [9.17, 15) is 0 Å². The molecule has 0 saturated heterocycles. The molecular formula is C18H28IN5OS. The van der Waals surface area contributed by atoms with Gasteiger partial charge in [0.2, 0.25) is 5.88 Å². The molecule has 0 amide bonds. The molecule has 2 aromatic rings. The van der Waals surface area contributed by atoms with Crippen LogP contribution in [-0.2, 0) is 13.0 Å². The Hall–Kier alpha value is -1.42. The summed E-state index contributed by atoms with van der Waals surface area (Å²) in [6, 6.07) is 3.94. The number of hydrogen-bond acceptors (Lipinski definition) is 5. The molecule has 144 valence electrons. The summed E-state index contributed by atoms with van der Waals surface area (Å²) >= 11 is 1.73. The van der Waals surface area contributed by atoms with Crippen molar-refractivity contribution in [2.24, 2.45) is 4.99 Å². The van der Waals surface area contributed by atoms with Crippen molar-refractivity contribution < 1.29 is 4.74 Å². The second-order valence-corrected chi connectivity index (χ2v) is 6.96. The van der Waals surface area contributed by atoms with Crippen LogP contribution in [0.4, 0.5) is 0 Å². The molecule has 2 heterocycles. The maximum Gasteiger partial charge on any atom is 0.218 e. The molecule has 0 aliphatic carbocycles. The Morgan fingerprint density at radius 1 is 1.31 bits per heavy atom. The number of thiazole rings is 1. The standard InChI is InChI=1S/C18H27N5OS.HI/c1-4-5-11-24-17-15(7-6-9-20-17)13-23-18(19-3)21-10-8-16-22-12-14(2)25-16;/h6-7,9,12H,4-5,8,10-11,13H2,1-3H3,(H2,19,21,23);1H. The third-order valence-electron chi connectivity index (χ3n) is 3.56. The van der Waals surface area contributed by atoms with Gasteiger partial charge in [-0.3, -0.25) is 4.99 Å². The highest BCUT2D eigenvalue weighted by Crippen LogP contribution is 2.14. The zero-order valence-corrected chi connectivity index (χ0v) is 18.8. The molecular weight excluding hydrogens is 461 g/mol. The molecule has 8 heteroatoms. The molecule has 0 aromatic carbocycles. The normalized spacial score (nSPS) is 11.0. The second-order valence-electron chi connectivity index (χ2n) is 5.64. The van der Waals surface area contributed by atoms with Crippen LogP contribution in [-0.4, -0.2) is 36.1 Å². The third-order valence-corrected chi connectivity index (χ3v) is 4.53. The van der Waals surface area contributed by atoms with Gasteiger partial charge in [0, 0.05) is 49.4 Å². The number of rotatable bonds is 9.